The molecule has 0 heterocycles. The van der Waals surface area contributed by atoms with Crippen molar-refractivity contribution in [2.75, 3.05) is 19.0 Å². The monoisotopic (exact) mass is 236 g/mol. The number of hydrogen-bond acceptors (Lipinski definition) is 4. The summed E-state index contributed by atoms with van der Waals surface area (Å²) in [7, 11) is 1.43. The first-order valence-corrected chi connectivity index (χ1v) is 5.23. The van der Waals surface area contributed by atoms with Crippen molar-refractivity contribution in [3.63, 3.8) is 0 Å². The van der Waals surface area contributed by atoms with Gasteiger partial charge < -0.3 is 15.8 Å². The molecule has 1 aromatic carbocycles. The Bertz CT molecular complexity index is 397. The molecule has 0 aromatic heterocycles. The van der Waals surface area contributed by atoms with Crippen molar-refractivity contribution in [1.82, 2.24) is 0 Å². The molecule has 0 aliphatic rings. The minimum absolute atomic E-state index is 0.0143. The highest BCUT2D eigenvalue weighted by Gasteiger charge is 2.15. The third-order valence-electron chi connectivity index (χ3n) is 2.35. The fourth-order valence-corrected chi connectivity index (χ4v) is 1.32. The van der Waals surface area contributed by atoms with Crippen LogP contribution in [0.5, 0.6) is 0 Å². The van der Waals surface area contributed by atoms with Gasteiger partial charge in [0, 0.05) is 24.9 Å². The number of ether oxygens (including phenoxy) is 1. The highest BCUT2D eigenvalue weighted by atomic mass is 16.5. The topological polar surface area (TPSA) is 81.4 Å². The highest BCUT2D eigenvalue weighted by Crippen LogP contribution is 2.10. The van der Waals surface area contributed by atoms with E-state index in [-0.39, 0.29) is 18.2 Å². The van der Waals surface area contributed by atoms with E-state index in [1.54, 1.807) is 24.3 Å². The molecule has 3 N–H and O–H groups in total. The van der Waals surface area contributed by atoms with Crippen LogP contribution in [-0.2, 0) is 9.53 Å². The minimum Gasteiger partial charge on any atom is -0.370 e. The van der Waals surface area contributed by atoms with Crippen LogP contribution in [0.15, 0.2) is 24.3 Å². The first kappa shape index (κ1) is 13.3. The predicted octanol–water partition coefficient (Wildman–Crippen LogP) is 0.801. The molecule has 1 atom stereocenters. The Balaban J connectivity index is 2.69. The average Bonchev–Trinajstić information content (AvgIpc) is 2.31. The number of carbonyl (C=O) groups is 2. The number of nitrogens with one attached hydrogen (secondary N) is 1. The minimum atomic E-state index is -0.664. The molecule has 0 spiro atoms. The third kappa shape index (κ3) is 3.65. The zero-order chi connectivity index (χ0) is 12.8. The van der Waals surface area contributed by atoms with Crippen molar-refractivity contribution >= 4 is 17.4 Å². The molecular formula is C12H16N2O3. The molecule has 0 aliphatic heterocycles. The van der Waals surface area contributed by atoms with Crippen LogP contribution in [0, 0.1) is 0 Å². The number of nitrogens with two attached hydrogens (primary N) is 1. The van der Waals surface area contributed by atoms with Gasteiger partial charge in [0.2, 0.25) is 0 Å². The van der Waals surface area contributed by atoms with Crippen LogP contribution in [0.25, 0.3) is 0 Å². The predicted molar refractivity (Wildman–Crippen MR) is 64.9 cm³/mol. The fourth-order valence-electron chi connectivity index (χ4n) is 1.32. The average molecular weight is 236 g/mol. The molecule has 0 aliphatic carbocycles. The Hall–Kier alpha value is -1.72. The molecule has 0 bridgehead atoms. The zero-order valence-corrected chi connectivity index (χ0v) is 9.90. The maximum atomic E-state index is 11.6. The Labute approximate surface area is 99.9 Å². The summed E-state index contributed by atoms with van der Waals surface area (Å²) in [4.78, 5) is 22.7. The maximum absolute atomic E-state index is 11.6. The molecule has 92 valence electrons. The molecule has 1 aromatic rings. The SMILES string of the molecule is COC(CN)C(=O)Nc1ccc(C(C)=O)cc1. The summed E-state index contributed by atoms with van der Waals surface area (Å²) >= 11 is 0. The second-order valence-electron chi connectivity index (χ2n) is 3.58. The number of ketones is 1. The van der Waals surface area contributed by atoms with Crippen LogP contribution < -0.4 is 11.1 Å². The van der Waals surface area contributed by atoms with Crippen molar-refractivity contribution in [3.05, 3.63) is 29.8 Å². The van der Waals surface area contributed by atoms with Gasteiger partial charge in [0.15, 0.2) is 5.78 Å². The van der Waals surface area contributed by atoms with E-state index in [1.807, 2.05) is 0 Å². The van der Waals surface area contributed by atoms with Crippen molar-refractivity contribution in [2.24, 2.45) is 5.73 Å². The fraction of sp³-hybridized carbons (Fsp3) is 0.333. The molecule has 0 fully saturated rings. The number of hydrogen-bond donors (Lipinski definition) is 2. The zero-order valence-electron chi connectivity index (χ0n) is 9.90. The molecule has 1 rings (SSSR count). The molecule has 5 nitrogen and oxygen atoms in total. The molecular weight excluding hydrogens is 220 g/mol. The lowest BCUT2D eigenvalue weighted by molar-refractivity contribution is -0.125. The molecule has 17 heavy (non-hydrogen) atoms. The lowest BCUT2D eigenvalue weighted by atomic mass is 10.1. The van der Waals surface area contributed by atoms with Crippen LogP contribution in [0.4, 0.5) is 5.69 Å². The summed E-state index contributed by atoms with van der Waals surface area (Å²) in [6.45, 7) is 1.61. The lowest BCUT2D eigenvalue weighted by Gasteiger charge is -2.13. The van der Waals surface area contributed by atoms with Gasteiger partial charge in [-0.1, -0.05) is 0 Å². The third-order valence-corrected chi connectivity index (χ3v) is 2.35. The molecule has 5 heteroatoms. The number of rotatable bonds is 5. The smallest absolute Gasteiger partial charge is 0.254 e. The van der Waals surface area contributed by atoms with Crippen molar-refractivity contribution in [1.29, 1.82) is 0 Å². The van der Waals surface area contributed by atoms with Gasteiger partial charge in [0.1, 0.15) is 6.10 Å². The Kier molecular flexibility index (Phi) is 4.81. The van der Waals surface area contributed by atoms with E-state index in [2.05, 4.69) is 5.32 Å². The summed E-state index contributed by atoms with van der Waals surface area (Å²) in [6, 6.07) is 6.64. The van der Waals surface area contributed by atoms with Crippen LogP contribution in [-0.4, -0.2) is 31.4 Å². The first-order valence-electron chi connectivity index (χ1n) is 5.23. The number of amides is 1. The van der Waals surface area contributed by atoms with Gasteiger partial charge in [-0.05, 0) is 31.2 Å². The summed E-state index contributed by atoms with van der Waals surface area (Å²) in [6.07, 6.45) is -0.664. The Morgan fingerprint density at radius 3 is 2.35 bits per heavy atom. The van der Waals surface area contributed by atoms with E-state index >= 15 is 0 Å². The lowest BCUT2D eigenvalue weighted by Crippen LogP contribution is -2.35. The van der Waals surface area contributed by atoms with Crippen LogP contribution in [0.2, 0.25) is 0 Å². The number of benzene rings is 1. The summed E-state index contributed by atoms with van der Waals surface area (Å²) < 4.78 is 4.90. The van der Waals surface area contributed by atoms with Gasteiger partial charge in [-0.3, -0.25) is 9.59 Å². The molecule has 0 radical (unpaired) electrons. The van der Waals surface area contributed by atoms with Crippen molar-refractivity contribution in [3.8, 4) is 0 Å². The van der Waals surface area contributed by atoms with Gasteiger partial charge >= 0.3 is 0 Å². The molecule has 0 saturated heterocycles. The summed E-state index contributed by atoms with van der Waals surface area (Å²) in [5.41, 5.74) is 6.58. The van der Waals surface area contributed by atoms with E-state index in [4.69, 9.17) is 10.5 Å². The molecule has 1 unspecified atom stereocenters. The van der Waals surface area contributed by atoms with E-state index in [0.29, 0.717) is 11.3 Å². The number of Topliss-reactive ketones (excluding diaryl/α,β-unsaturated/α-hetero) is 1. The van der Waals surface area contributed by atoms with E-state index in [0.717, 1.165) is 0 Å². The standard InChI is InChI=1S/C12H16N2O3/c1-8(15)9-3-5-10(6-4-9)14-12(16)11(7-13)17-2/h3-6,11H,7,13H2,1-2H3,(H,14,16). The second kappa shape index (κ2) is 6.12. The van der Waals surface area contributed by atoms with Crippen molar-refractivity contribution < 1.29 is 14.3 Å². The quantitative estimate of drug-likeness (QED) is 0.741. The van der Waals surface area contributed by atoms with Crippen molar-refractivity contribution in [2.45, 2.75) is 13.0 Å². The Morgan fingerprint density at radius 1 is 1.35 bits per heavy atom. The maximum Gasteiger partial charge on any atom is 0.254 e. The number of methoxy groups -OCH3 is 1. The van der Waals surface area contributed by atoms with Gasteiger partial charge in [-0.15, -0.1) is 0 Å². The van der Waals surface area contributed by atoms with Gasteiger partial charge in [0.25, 0.3) is 5.91 Å². The van der Waals surface area contributed by atoms with Crippen LogP contribution in [0.1, 0.15) is 17.3 Å². The van der Waals surface area contributed by atoms with E-state index < -0.39 is 6.10 Å². The normalized spacial score (nSPS) is 11.9. The number of carbonyl (C=O) groups excluding carboxylic acids is 2. The van der Waals surface area contributed by atoms with E-state index in [9.17, 15) is 9.59 Å². The largest absolute Gasteiger partial charge is 0.370 e. The number of anilines is 1. The van der Waals surface area contributed by atoms with Crippen LogP contribution >= 0.6 is 0 Å². The highest BCUT2D eigenvalue weighted by molar-refractivity contribution is 5.96. The van der Waals surface area contributed by atoms with Gasteiger partial charge in [0.05, 0.1) is 0 Å². The summed E-state index contributed by atoms with van der Waals surface area (Å²) in [5, 5.41) is 2.65. The first-order chi connectivity index (χ1) is 8.08. The second-order valence-corrected chi connectivity index (χ2v) is 3.58. The summed E-state index contributed by atoms with van der Waals surface area (Å²) in [5.74, 6) is -0.315. The molecule has 1 amide bonds. The molecule has 0 saturated carbocycles. The van der Waals surface area contributed by atoms with Gasteiger partial charge in [-0.25, -0.2) is 0 Å². The Morgan fingerprint density at radius 2 is 1.94 bits per heavy atom. The van der Waals surface area contributed by atoms with E-state index in [1.165, 1.54) is 14.0 Å². The van der Waals surface area contributed by atoms with Crippen LogP contribution in [0.3, 0.4) is 0 Å². The van der Waals surface area contributed by atoms with Gasteiger partial charge in [-0.2, -0.15) is 0 Å².